The van der Waals surface area contributed by atoms with Crippen LogP contribution in [-0.4, -0.2) is 13.1 Å². The van der Waals surface area contributed by atoms with Gasteiger partial charge in [0.25, 0.3) is 0 Å². The van der Waals surface area contributed by atoms with Gasteiger partial charge in [0.15, 0.2) is 0 Å². The van der Waals surface area contributed by atoms with Gasteiger partial charge in [0, 0.05) is 12.1 Å². The minimum absolute atomic E-state index is 0.785. The first kappa shape index (κ1) is 9.29. The first-order chi connectivity index (χ1) is 5.93. The lowest BCUT2D eigenvalue weighted by Crippen LogP contribution is -2.15. The molecule has 3 nitrogen and oxygen atoms in total. The summed E-state index contributed by atoms with van der Waals surface area (Å²) in [6.45, 7) is 2.71. The van der Waals surface area contributed by atoms with Gasteiger partial charge in [0.2, 0.25) is 0 Å². The van der Waals surface area contributed by atoms with Gasteiger partial charge in [-0.2, -0.15) is 0 Å². The smallest absolute Gasteiger partial charge is 0.0947 e. The lowest BCUT2D eigenvalue weighted by molar-refractivity contribution is 0.558. The predicted molar refractivity (Wildman–Crippen MR) is 48.7 cm³/mol. The maximum Gasteiger partial charge on any atom is 0.0947 e. The Bertz CT molecular complexity index is 184. The second kappa shape index (κ2) is 5.80. The zero-order chi connectivity index (χ0) is 8.65. The fraction of sp³-hybridized carbons (Fsp3) is 0.556. The summed E-state index contributed by atoms with van der Waals surface area (Å²) in [5.74, 6) is 0. The molecule has 0 saturated carbocycles. The van der Waals surface area contributed by atoms with E-state index in [1.54, 1.807) is 12.5 Å². The normalized spacial score (nSPS) is 10.4. The second-order valence-electron chi connectivity index (χ2n) is 2.80. The van der Waals surface area contributed by atoms with E-state index in [9.17, 15) is 0 Å². The summed E-state index contributed by atoms with van der Waals surface area (Å²) in [5.41, 5.74) is 6.56. The molecule has 0 aliphatic carbocycles. The van der Waals surface area contributed by atoms with Crippen molar-refractivity contribution in [2.24, 2.45) is 5.73 Å². The maximum atomic E-state index is 5.36. The molecular formula is C9H16N2O. The highest BCUT2D eigenvalue weighted by molar-refractivity contribution is 5.04. The van der Waals surface area contributed by atoms with Crippen molar-refractivity contribution in [3.8, 4) is 0 Å². The summed E-state index contributed by atoms with van der Waals surface area (Å²) in [4.78, 5) is 0. The molecule has 0 aliphatic heterocycles. The molecule has 12 heavy (non-hydrogen) atoms. The Hall–Kier alpha value is -0.800. The van der Waals surface area contributed by atoms with E-state index in [1.807, 2.05) is 6.07 Å². The zero-order valence-electron chi connectivity index (χ0n) is 7.25. The number of nitrogens with one attached hydrogen (secondary N) is 1. The van der Waals surface area contributed by atoms with Crippen molar-refractivity contribution in [2.45, 2.75) is 19.4 Å². The van der Waals surface area contributed by atoms with Crippen LogP contribution in [0.25, 0.3) is 0 Å². The van der Waals surface area contributed by atoms with E-state index < -0.39 is 0 Å². The van der Waals surface area contributed by atoms with Crippen molar-refractivity contribution in [3.63, 3.8) is 0 Å². The maximum absolute atomic E-state index is 5.36. The largest absolute Gasteiger partial charge is 0.472 e. The average molecular weight is 168 g/mol. The topological polar surface area (TPSA) is 51.2 Å². The molecule has 68 valence electrons. The zero-order valence-corrected chi connectivity index (χ0v) is 7.25. The molecule has 1 aromatic heterocycles. The van der Waals surface area contributed by atoms with Gasteiger partial charge in [-0.05, 0) is 32.0 Å². The van der Waals surface area contributed by atoms with Crippen molar-refractivity contribution >= 4 is 0 Å². The van der Waals surface area contributed by atoms with Crippen LogP contribution in [0.15, 0.2) is 23.0 Å². The summed E-state index contributed by atoms with van der Waals surface area (Å²) >= 11 is 0. The highest BCUT2D eigenvalue weighted by atomic mass is 16.3. The van der Waals surface area contributed by atoms with E-state index in [0.717, 1.165) is 32.5 Å². The van der Waals surface area contributed by atoms with Crippen molar-refractivity contribution in [3.05, 3.63) is 24.2 Å². The summed E-state index contributed by atoms with van der Waals surface area (Å²) in [6, 6.07) is 1.97. The number of rotatable bonds is 6. The van der Waals surface area contributed by atoms with Gasteiger partial charge in [-0.3, -0.25) is 0 Å². The van der Waals surface area contributed by atoms with Gasteiger partial charge in [-0.1, -0.05) is 0 Å². The molecule has 0 amide bonds. The van der Waals surface area contributed by atoms with Crippen molar-refractivity contribution in [1.82, 2.24) is 5.32 Å². The summed E-state index contributed by atoms with van der Waals surface area (Å²) < 4.78 is 4.93. The lowest BCUT2D eigenvalue weighted by Gasteiger charge is -2.00. The van der Waals surface area contributed by atoms with E-state index in [-0.39, 0.29) is 0 Å². The third-order valence-corrected chi connectivity index (χ3v) is 1.72. The minimum Gasteiger partial charge on any atom is -0.472 e. The number of hydrogen-bond acceptors (Lipinski definition) is 3. The second-order valence-corrected chi connectivity index (χ2v) is 2.80. The minimum atomic E-state index is 0.785. The summed E-state index contributed by atoms with van der Waals surface area (Å²) in [6.07, 6.45) is 5.69. The first-order valence-corrected chi connectivity index (χ1v) is 4.35. The molecule has 1 heterocycles. The van der Waals surface area contributed by atoms with Crippen molar-refractivity contribution in [2.75, 3.05) is 13.1 Å². The standard InChI is InChI=1S/C9H16N2O/c10-4-1-2-5-11-7-9-3-6-12-8-9/h3,6,8,11H,1-2,4-5,7,10H2. The Morgan fingerprint density at radius 3 is 3.00 bits per heavy atom. The molecule has 0 spiro atoms. The molecule has 1 aromatic rings. The van der Waals surface area contributed by atoms with E-state index in [2.05, 4.69) is 5.32 Å². The summed E-state index contributed by atoms with van der Waals surface area (Å²) in [7, 11) is 0. The third-order valence-electron chi connectivity index (χ3n) is 1.72. The van der Waals surface area contributed by atoms with Gasteiger partial charge >= 0.3 is 0 Å². The number of unbranched alkanes of at least 4 members (excludes halogenated alkanes) is 1. The third kappa shape index (κ3) is 3.55. The molecule has 3 N–H and O–H groups in total. The number of hydrogen-bond donors (Lipinski definition) is 2. The van der Waals surface area contributed by atoms with Crippen LogP contribution in [0.5, 0.6) is 0 Å². The van der Waals surface area contributed by atoms with Gasteiger partial charge in [-0.15, -0.1) is 0 Å². The van der Waals surface area contributed by atoms with Crippen LogP contribution in [0.3, 0.4) is 0 Å². The van der Waals surface area contributed by atoms with Crippen LogP contribution in [-0.2, 0) is 6.54 Å². The van der Waals surface area contributed by atoms with Crippen LogP contribution >= 0.6 is 0 Å². The fourth-order valence-corrected chi connectivity index (χ4v) is 1.02. The van der Waals surface area contributed by atoms with E-state index in [1.165, 1.54) is 5.56 Å². The Morgan fingerprint density at radius 1 is 1.42 bits per heavy atom. The molecule has 0 aromatic carbocycles. The Morgan fingerprint density at radius 2 is 2.33 bits per heavy atom. The molecule has 0 radical (unpaired) electrons. The molecule has 0 saturated heterocycles. The number of nitrogens with two attached hydrogens (primary N) is 1. The number of furan rings is 1. The van der Waals surface area contributed by atoms with Crippen LogP contribution in [0.2, 0.25) is 0 Å². The molecule has 0 atom stereocenters. The van der Waals surface area contributed by atoms with E-state index in [4.69, 9.17) is 10.2 Å². The molecule has 1 rings (SSSR count). The van der Waals surface area contributed by atoms with Crippen LogP contribution in [0.1, 0.15) is 18.4 Å². The van der Waals surface area contributed by atoms with E-state index in [0.29, 0.717) is 0 Å². The highest BCUT2D eigenvalue weighted by Crippen LogP contribution is 1.98. The molecule has 3 heteroatoms. The van der Waals surface area contributed by atoms with Gasteiger partial charge in [0.05, 0.1) is 12.5 Å². The quantitative estimate of drug-likeness (QED) is 0.625. The van der Waals surface area contributed by atoms with E-state index >= 15 is 0 Å². The molecule has 0 fully saturated rings. The average Bonchev–Trinajstić information content (AvgIpc) is 2.57. The molecule has 0 unspecified atom stereocenters. The monoisotopic (exact) mass is 168 g/mol. The van der Waals surface area contributed by atoms with Crippen LogP contribution < -0.4 is 11.1 Å². The van der Waals surface area contributed by atoms with Gasteiger partial charge in [-0.25, -0.2) is 0 Å². The summed E-state index contributed by atoms with van der Waals surface area (Å²) in [5, 5.41) is 3.31. The Balaban J connectivity index is 1.96. The van der Waals surface area contributed by atoms with Crippen LogP contribution in [0.4, 0.5) is 0 Å². The van der Waals surface area contributed by atoms with Gasteiger partial charge < -0.3 is 15.5 Å². The Labute approximate surface area is 72.9 Å². The molecule has 0 bridgehead atoms. The SMILES string of the molecule is NCCCCNCc1ccoc1. The predicted octanol–water partition coefficient (Wildman–Crippen LogP) is 1.11. The van der Waals surface area contributed by atoms with Crippen molar-refractivity contribution in [1.29, 1.82) is 0 Å². The fourth-order valence-electron chi connectivity index (χ4n) is 1.02. The van der Waals surface area contributed by atoms with Gasteiger partial charge in [0.1, 0.15) is 0 Å². The van der Waals surface area contributed by atoms with Crippen LogP contribution in [0, 0.1) is 0 Å². The first-order valence-electron chi connectivity index (χ1n) is 4.35. The molecule has 0 aliphatic rings. The Kier molecular flexibility index (Phi) is 4.49. The lowest BCUT2D eigenvalue weighted by atomic mass is 10.3. The highest BCUT2D eigenvalue weighted by Gasteiger charge is 1.92. The van der Waals surface area contributed by atoms with Crippen molar-refractivity contribution < 1.29 is 4.42 Å². The molecular weight excluding hydrogens is 152 g/mol.